The van der Waals surface area contributed by atoms with Gasteiger partial charge in [0.05, 0.1) is 28.9 Å². The van der Waals surface area contributed by atoms with Gasteiger partial charge in [0.2, 0.25) is 5.91 Å². The van der Waals surface area contributed by atoms with E-state index in [-0.39, 0.29) is 23.9 Å². The molecule has 3 aliphatic rings. The lowest BCUT2D eigenvalue weighted by molar-refractivity contribution is -0.172. The van der Waals surface area contributed by atoms with Crippen LogP contribution in [0.1, 0.15) is 36.9 Å². The van der Waals surface area contributed by atoms with Gasteiger partial charge in [0.25, 0.3) is 0 Å². The first-order chi connectivity index (χ1) is 17.0. The van der Waals surface area contributed by atoms with Crippen LogP contribution in [0.3, 0.4) is 0 Å². The Balaban J connectivity index is 1.12. The highest BCUT2D eigenvalue weighted by Crippen LogP contribution is 2.36. The average molecular weight is 472 g/mol. The number of amides is 1. The standard InChI is InChI=1S/C27H26FN5O2/c28-23-10-21(19-1-2-20-9-18(12-29)13-30-24(20)11-19)14-31-25(23)15-32-7-5-27(6-8-32)17-33(22-3-4-22)26(34)16-35-27/h1-2,9-11,13-14,22H,3-8,15-17H2. The van der Waals surface area contributed by atoms with Crippen molar-refractivity contribution in [3.05, 3.63) is 59.8 Å². The summed E-state index contributed by atoms with van der Waals surface area (Å²) in [6.07, 6.45) is 7.12. The summed E-state index contributed by atoms with van der Waals surface area (Å²) in [5.74, 6) is -0.212. The summed E-state index contributed by atoms with van der Waals surface area (Å²) < 4.78 is 21.1. The molecular formula is C27H26FN5O2. The number of morpholine rings is 1. The van der Waals surface area contributed by atoms with Gasteiger partial charge in [-0.05, 0) is 49.4 Å². The Morgan fingerprint density at radius 2 is 1.94 bits per heavy atom. The van der Waals surface area contributed by atoms with Gasteiger partial charge in [0.1, 0.15) is 18.5 Å². The SMILES string of the molecule is N#Cc1cnc2cc(-c3cnc(CN4CCC5(CC4)CN(C4CC4)C(=O)CO5)c(F)c3)ccc2c1. The molecular weight excluding hydrogens is 445 g/mol. The Hall–Kier alpha value is -3.41. The number of rotatable bonds is 4. The van der Waals surface area contributed by atoms with E-state index in [1.807, 2.05) is 23.1 Å². The Labute approximate surface area is 203 Å². The predicted molar refractivity (Wildman–Crippen MR) is 128 cm³/mol. The summed E-state index contributed by atoms with van der Waals surface area (Å²) in [6.45, 7) is 2.89. The smallest absolute Gasteiger partial charge is 0.248 e. The second-order valence-corrected chi connectivity index (χ2v) is 9.90. The third-order valence-electron chi connectivity index (χ3n) is 7.47. The minimum Gasteiger partial charge on any atom is -0.363 e. The summed E-state index contributed by atoms with van der Waals surface area (Å²) >= 11 is 0. The molecule has 178 valence electrons. The second kappa shape index (κ2) is 8.67. The zero-order valence-corrected chi connectivity index (χ0v) is 19.4. The maximum atomic E-state index is 15.0. The van der Waals surface area contributed by atoms with Gasteiger partial charge in [-0.25, -0.2) is 4.39 Å². The minimum atomic E-state index is -0.324. The first kappa shape index (κ1) is 22.1. The number of carbonyl (C=O) groups is 1. The molecule has 0 N–H and O–H groups in total. The fourth-order valence-corrected chi connectivity index (χ4v) is 5.20. The molecule has 1 aliphatic carbocycles. The van der Waals surface area contributed by atoms with Crippen molar-refractivity contribution in [2.45, 2.75) is 43.9 Å². The Morgan fingerprint density at radius 3 is 2.69 bits per heavy atom. The average Bonchev–Trinajstić information content (AvgIpc) is 3.73. The minimum absolute atomic E-state index is 0.112. The normalized spacial score (nSPS) is 20.3. The van der Waals surface area contributed by atoms with E-state index in [1.165, 1.54) is 12.3 Å². The van der Waals surface area contributed by atoms with E-state index in [9.17, 15) is 4.79 Å². The molecule has 0 atom stereocenters. The largest absolute Gasteiger partial charge is 0.363 e. The van der Waals surface area contributed by atoms with Crippen LogP contribution >= 0.6 is 0 Å². The van der Waals surface area contributed by atoms with E-state index in [0.717, 1.165) is 55.2 Å². The fourth-order valence-electron chi connectivity index (χ4n) is 5.20. The van der Waals surface area contributed by atoms with Gasteiger partial charge in [-0.2, -0.15) is 5.26 Å². The highest BCUT2D eigenvalue weighted by molar-refractivity contribution is 5.84. The Morgan fingerprint density at radius 1 is 1.11 bits per heavy atom. The lowest BCUT2D eigenvalue weighted by Gasteiger charge is -2.47. The van der Waals surface area contributed by atoms with Crippen molar-refractivity contribution in [1.29, 1.82) is 5.26 Å². The third-order valence-corrected chi connectivity index (χ3v) is 7.47. The van der Waals surface area contributed by atoms with E-state index in [4.69, 9.17) is 10.00 Å². The number of benzene rings is 1. The summed E-state index contributed by atoms with van der Waals surface area (Å²) in [7, 11) is 0. The molecule has 1 amide bonds. The lowest BCUT2D eigenvalue weighted by atomic mass is 9.89. The molecule has 3 aromatic rings. The molecule has 8 heteroatoms. The molecule has 1 saturated carbocycles. The van der Waals surface area contributed by atoms with E-state index in [1.54, 1.807) is 12.3 Å². The molecule has 0 unspecified atom stereocenters. The molecule has 1 aromatic carbocycles. The van der Waals surface area contributed by atoms with Gasteiger partial charge in [0, 0.05) is 49.0 Å². The van der Waals surface area contributed by atoms with Crippen LogP contribution in [0.5, 0.6) is 0 Å². The molecule has 1 spiro atoms. The number of nitriles is 1. The van der Waals surface area contributed by atoms with Gasteiger partial charge >= 0.3 is 0 Å². The van der Waals surface area contributed by atoms with E-state index in [2.05, 4.69) is 20.9 Å². The van der Waals surface area contributed by atoms with E-state index < -0.39 is 0 Å². The summed E-state index contributed by atoms with van der Waals surface area (Å²) in [6, 6.07) is 11.5. The zero-order valence-electron chi connectivity index (χ0n) is 19.4. The van der Waals surface area contributed by atoms with Gasteiger partial charge in [-0.3, -0.25) is 19.7 Å². The number of ether oxygens (including phenoxy) is 1. The number of piperidine rings is 1. The maximum absolute atomic E-state index is 15.0. The first-order valence-electron chi connectivity index (χ1n) is 12.1. The molecule has 2 saturated heterocycles. The van der Waals surface area contributed by atoms with Gasteiger partial charge in [0.15, 0.2) is 0 Å². The highest BCUT2D eigenvalue weighted by Gasteiger charge is 2.46. The van der Waals surface area contributed by atoms with Crippen molar-refractivity contribution in [3.8, 4) is 17.2 Å². The van der Waals surface area contributed by atoms with Crippen LogP contribution < -0.4 is 0 Å². The van der Waals surface area contributed by atoms with Crippen LogP contribution in [0, 0.1) is 17.1 Å². The van der Waals surface area contributed by atoms with Crippen LogP contribution in [-0.2, 0) is 16.1 Å². The van der Waals surface area contributed by atoms with Crippen LogP contribution in [-0.4, -0.2) is 63.6 Å². The third kappa shape index (κ3) is 4.38. The van der Waals surface area contributed by atoms with Crippen LogP contribution in [0.4, 0.5) is 4.39 Å². The topological polar surface area (TPSA) is 82.4 Å². The number of carbonyl (C=O) groups excluding carboxylic acids is 1. The summed E-state index contributed by atoms with van der Waals surface area (Å²) in [5, 5.41) is 9.91. The monoisotopic (exact) mass is 471 g/mol. The maximum Gasteiger partial charge on any atom is 0.248 e. The summed E-state index contributed by atoms with van der Waals surface area (Å²) in [5.41, 5.74) is 2.95. The quantitative estimate of drug-likeness (QED) is 0.578. The van der Waals surface area contributed by atoms with Gasteiger partial charge in [-0.15, -0.1) is 0 Å². The highest BCUT2D eigenvalue weighted by atomic mass is 19.1. The molecule has 7 nitrogen and oxygen atoms in total. The molecule has 0 radical (unpaired) electrons. The van der Waals surface area contributed by atoms with Crippen molar-refractivity contribution in [1.82, 2.24) is 19.8 Å². The molecule has 35 heavy (non-hydrogen) atoms. The van der Waals surface area contributed by atoms with E-state index >= 15 is 4.39 Å². The molecule has 2 aromatic heterocycles. The number of hydrogen-bond donors (Lipinski definition) is 0. The lowest BCUT2D eigenvalue weighted by Crippen LogP contribution is -2.59. The van der Waals surface area contributed by atoms with Crippen molar-refractivity contribution < 1.29 is 13.9 Å². The fraction of sp³-hybridized carbons (Fsp3) is 0.407. The zero-order chi connectivity index (χ0) is 24.0. The van der Waals surface area contributed by atoms with Crippen molar-refractivity contribution in [3.63, 3.8) is 0 Å². The van der Waals surface area contributed by atoms with Crippen LogP contribution in [0.2, 0.25) is 0 Å². The predicted octanol–water partition coefficient (Wildman–Crippen LogP) is 3.66. The number of fused-ring (bicyclic) bond motifs is 1. The Bertz CT molecular complexity index is 1340. The second-order valence-electron chi connectivity index (χ2n) is 9.90. The number of pyridine rings is 2. The number of hydrogen-bond acceptors (Lipinski definition) is 6. The number of likely N-dealkylation sites (tertiary alicyclic amines) is 1. The van der Waals surface area contributed by atoms with E-state index in [0.29, 0.717) is 36.0 Å². The van der Waals surface area contributed by atoms with Crippen molar-refractivity contribution >= 4 is 16.8 Å². The van der Waals surface area contributed by atoms with Crippen LogP contribution in [0.15, 0.2) is 42.7 Å². The Kier molecular flexibility index (Phi) is 5.47. The molecule has 6 rings (SSSR count). The van der Waals surface area contributed by atoms with Crippen LogP contribution in [0.25, 0.3) is 22.0 Å². The molecule has 3 fully saturated rings. The molecule has 2 aliphatic heterocycles. The first-order valence-corrected chi connectivity index (χ1v) is 12.1. The van der Waals surface area contributed by atoms with Crippen molar-refractivity contribution in [2.24, 2.45) is 0 Å². The van der Waals surface area contributed by atoms with Gasteiger partial charge < -0.3 is 9.64 Å². The van der Waals surface area contributed by atoms with Crippen molar-refractivity contribution in [2.75, 3.05) is 26.2 Å². The number of halogens is 1. The van der Waals surface area contributed by atoms with Gasteiger partial charge in [-0.1, -0.05) is 12.1 Å². The number of nitrogens with zero attached hydrogens (tertiary/aromatic N) is 5. The summed E-state index contributed by atoms with van der Waals surface area (Å²) in [4.78, 5) is 25.2. The molecule has 0 bridgehead atoms. The molecule has 4 heterocycles. The number of aromatic nitrogens is 2.